The highest BCUT2D eigenvalue weighted by atomic mass is 16.6. The fourth-order valence-electron chi connectivity index (χ4n) is 2.21. The molecule has 3 nitrogen and oxygen atoms in total. The maximum absolute atomic E-state index is 11.2. The van der Waals surface area contributed by atoms with Crippen molar-refractivity contribution in [2.24, 2.45) is 17.8 Å². The van der Waals surface area contributed by atoms with E-state index in [1.54, 1.807) is 6.92 Å². The molecule has 2 aliphatic rings. The van der Waals surface area contributed by atoms with E-state index in [9.17, 15) is 9.59 Å². The summed E-state index contributed by atoms with van der Waals surface area (Å²) in [6.07, 6.45) is 1.57. The van der Waals surface area contributed by atoms with Crippen molar-refractivity contribution in [1.82, 2.24) is 0 Å². The molecule has 2 aliphatic carbocycles. The van der Waals surface area contributed by atoms with Crippen LogP contribution in [0.4, 0.5) is 0 Å². The van der Waals surface area contributed by atoms with Gasteiger partial charge in [-0.1, -0.05) is 0 Å². The van der Waals surface area contributed by atoms with Gasteiger partial charge in [-0.15, -0.1) is 0 Å². The van der Waals surface area contributed by atoms with Crippen molar-refractivity contribution in [3.8, 4) is 0 Å². The van der Waals surface area contributed by atoms with Crippen LogP contribution in [0.5, 0.6) is 0 Å². The molecule has 0 aromatic rings. The van der Waals surface area contributed by atoms with Gasteiger partial charge in [-0.3, -0.25) is 9.59 Å². The molecule has 2 saturated carbocycles. The molecule has 0 radical (unpaired) electrons. The van der Waals surface area contributed by atoms with E-state index >= 15 is 0 Å². The molecule has 3 heteroatoms. The molecule has 66 valence electrons. The van der Waals surface area contributed by atoms with Crippen LogP contribution in [0.3, 0.4) is 0 Å². The lowest BCUT2D eigenvalue weighted by molar-refractivity contribution is -0.146. The minimum absolute atomic E-state index is 0.0315. The minimum atomic E-state index is -0.166. The molecule has 0 amide bonds. The van der Waals surface area contributed by atoms with Crippen LogP contribution in [0.15, 0.2) is 0 Å². The minimum Gasteiger partial charge on any atom is -0.466 e. The first-order valence-electron chi connectivity index (χ1n) is 4.45. The highest BCUT2D eigenvalue weighted by Gasteiger charge is 2.62. The Hall–Kier alpha value is -0.860. The van der Waals surface area contributed by atoms with Gasteiger partial charge in [0.25, 0.3) is 0 Å². The summed E-state index contributed by atoms with van der Waals surface area (Å²) in [4.78, 5) is 22.3. The third kappa shape index (κ3) is 0.958. The lowest BCUT2D eigenvalue weighted by Gasteiger charge is -2.01. The number of Topliss-reactive ketones (excluding diaryl/α,β-unsaturated/α-hetero) is 1. The van der Waals surface area contributed by atoms with Crippen molar-refractivity contribution < 1.29 is 14.3 Å². The number of carbonyl (C=O) groups excluding carboxylic acids is 2. The fourth-order valence-corrected chi connectivity index (χ4v) is 2.21. The second-order valence-electron chi connectivity index (χ2n) is 3.47. The molecule has 0 N–H and O–H groups in total. The van der Waals surface area contributed by atoms with E-state index in [1.807, 2.05) is 0 Å². The summed E-state index contributed by atoms with van der Waals surface area (Å²) in [6, 6.07) is 0. The van der Waals surface area contributed by atoms with Crippen LogP contribution in [0.2, 0.25) is 0 Å². The Morgan fingerprint density at radius 1 is 1.67 bits per heavy atom. The van der Waals surface area contributed by atoms with E-state index in [2.05, 4.69) is 0 Å². The molecule has 0 aliphatic heterocycles. The largest absolute Gasteiger partial charge is 0.466 e. The number of ketones is 1. The van der Waals surface area contributed by atoms with Gasteiger partial charge in [-0.05, 0) is 19.3 Å². The second kappa shape index (κ2) is 2.57. The number of rotatable bonds is 2. The van der Waals surface area contributed by atoms with E-state index in [-0.39, 0.29) is 23.6 Å². The fraction of sp³-hybridized carbons (Fsp3) is 0.778. The van der Waals surface area contributed by atoms with Crippen LogP contribution in [0.1, 0.15) is 19.8 Å². The Balaban J connectivity index is 1.94. The van der Waals surface area contributed by atoms with Gasteiger partial charge in [0.15, 0.2) is 0 Å². The molecule has 0 saturated heterocycles. The van der Waals surface area contributed by atoms with E-state index in [1.165, 1.54) is 0 Å². The standard InChI is InChI=1S/C9H12O3/c1-2-12-9(11)8-5-3-4-6(10)7(5)8/h5,7-8H,2-4H2,1H3/t5-,7-,8+/m1/s1/i8+1,9+1. The smallest absolute Gasteiger partial charge is 0.309 e. The van der Waals surface area contributed by atoms with Crippen LogP contribution in [0.25, 0.3) is 0 Å². The molecule has 0 spiro atoms. The normalized spacial score (nSPS) is 37.8. The third-order valence-electron chi connectivity index (χ3n) is 2.82. The zero-order valence-electron chi connectivity index (χ0n) is 7.08. The molecule has 12 heavy (non-hydrogen) atoms. The van der Waals surface area contributed by atoms with Crippen molar-refractivity contribution >= 4 is 11.8 Å². The van der Waals surface area contributed by atoms with Crippen LogP contribution >= 0.6 is 0 Å². The van der Waals surface area contributed by atoms with Gasteiger partial charge in [0.1, 0.15) is 5.78 Å². The summed E-state index contributed by atoms with van der Waals surface area (Å²) in [6.45, 7) is 2.21. The number of carbonyl (C=O) groups is 2. The van der Waals surface area contributed by atoms with Crippen molar-refractivity contribution in [3.63, 3.8) is 0 Å². The Kier molecular flexibility index (Phi) is 1.67. The number of esters is 1. The average Bonchev–Trinajstić information content (AvgIpc) is 2.65. The van der Waals surface area contributed by atoms with Gasteiger partial charge in [-0.25, -0.2) is 0 Å². The highest BCUT2D eigenvalue weighted by molar-refractivity contribution is 5.94. The van der Waals surface area contributed by atoms with E-state index in [4.69, 9.17) is 4.74 Å². The van der Waals surface area contributed by atoms with Gasteiger partial charge in [0.2, 0.25) is 0 Å². The van der Waals surface area contributed by atoms with Crippen LogP contribution in [0, 0.1) is 17.8 Å². The molecule has 0 aromatic heterocycles. The predicted octanol–water partition coefficient (Wildman–Crippen LogP) is 0.775. The summed E-state index contributed by atoms with van der Waals surface area (Å²) in [5.74, 6) is 0.380. The lowest BCUT2D eigenvalue weighted by Crippen LogP contribution is -2.12. The molecular weight excluding hydrogens is 158 g/mol. The Morgan fingerprint density at radius 2 is 2.42 bits per heavy atom. The maximum Gasteiger partial charge on any atom is 0.309 e. The topological polar surface area (TPSA) is 43.4 Å². The molecule has 2 fully saturated rings. The quantitative estimate of drug-likeness (QED) is 0.454. The van der Waals surface area contributed by atoms with Gasteiger partial charge in [0.05, 0.1) is 12.5 Å². The Bertz CT molecular complexity index is 234. The summed E-state index contributed by atoms with van der Waals surface area (Å²) in [5.41, 5.74) is 0. The monoisotopic (exact) mass is 170 g/mol. The Morgan fingerprint density at radius 3 is 2.92 bits per heavy atom. The van der Waals surface area contributed by atoms with Crippen LogP contribution < -0.4 is 0 Å². The van der Waals surface area contributed by atoms with Gasteiger partial charge in [0, 0.05) is 12.3 Å². The van der Waals surface area contributed by atoms with Crippen molar-refractivity contribution in [3.05, 3.63) is 0 Å². The van der Waals surface area contributed by atoms with Crippen molar-refractivity contribution in [2.75, 3.05) is 6.61 Å². The Labute approximate surface area is 71.1 Å². The molecule has 3 atom stereocenters. The molecule has 0 heterocycles. The van der Waals surface area contributed by atoms with Crippen LogP contribution in [-0.2, 0) is 14.3 Å². The first-order chi connectivity index (χ1) is 5.75. The maximum atomic E-state index is 11.2. The molecular formula is C9H12O3. The first-order valence-corrected chi connectivity index (χ1v) is 4.45. The van der Waals surface area contributed by atoms with E-state index < -0.39 is 0 Å². The van der Waals surface area contributed by atoms with Gasteiger partial charge < -0.3 is 4.74 Å². The number of hydrogen-bond donors (Lipinski definition) is 0. The predicted molar refractivity (Wildman–Crippen MR) is 41.3 cm³/mol. The number of hydrogen-bond acceptors (Lipinski definition) is 3. The van der Waals surface area contributed by atoms with Gasteiger partial charge in [-0.2, -0.15) is 0 Å². The second-order valence-corrected chi connectivity index (χ2v) is 3.47. The summed E-state index contributed by atoms with van der Waals surface area (Å²) in [5, 5.41) is 0. The van der Waals surface area contributed by atoms with Crippen molar-refractivity contribution in [2.45, 2.75) is 19.8 Å². The van der Waals surface area contributed by atoms with Crippen molar-refractivity contribution in [1.29, 1.82) is 0 Å². The van der Waals surface area contributed by atoms with Crippen LogP contribution in [-0.4, -0.2) is 18.4 Å². The van der Waals surface area contributed by atoms with Gasteiger partial charge >= 0.3 is 5.97 Å². The molecule has 2 rings (SSSR count). The number of ether oxygens (including phenoxy) is 1. The average molecular weight is 170 g/mol. The SMILES string of the molecule is CCO[13C](=O)[13C@H]1[C@@H]2CCC(=O)[C@@H]21. The summed E-state index contributed by atoms with van der Waals surface area (Å²) >= 11 is 0. The summed E-state index contributed by atoms with van der Waals surface area (Å²) < 4.78 is 4.86. The first kappa shape index (κ1) is 7.77. The number of fused-ring (bicyclic) bond motifs is 1. The zero-order chi connectivity index (χ0) is 8.72. The van der Waals surface area contributed by atoms with E-state index in [0.717, 1.165) is 6.42 Å². The highest BCUT2D eigenvalue weighted by Crippen LogP contribution is 2.55. The molecule has 0 aromatic carbocycles. The van der Waals surface area contributed by atoms with E-state index in [0.29, 0.717) is 18.9 Å². The molecule has 0 bridgehead atoms. The zero-order valence-corrected chi connectivity index (χ0v) is 7.08. The third-order valence-corrected chi connectivity index (χ3v) is 2.82. The molecule has 0 unspecified atom stereocenters. The lowest BCUT2D eigenvalue weighted by atomic mass is 10.3. The summed E-state index contributed by atoms with van der Waals surface area (Å²) in [7, 11) is 0.